The molecule has 1 aromatic heterocycles. The van der Waals surface area contributed by atoms with Crippen molar-refractivity contribution in [2.45, 2.75) is 25.6 Å². The van der Waals surface area contributed by atoms with Crippen molar-refractivity contribution < 1.29 is 13.2 Å². The highest BCUT2D eigenvalue weighted by atomic mass is 19.4. The van der Waals surface area contributed by atoms with Crippen molar-refractivity contribution in [1.29, 1.82) is 0 Å². The van der Waals surface area contributed by atoms with Crippen molar-refractivity contribution in [1.82, 2.24) is 9.97 Å². The van der Waals surface area contributed by atoms with Gasteiger partial charge in [0.1, 0.15) is 5.82 Å². The molecule has 2 N–H and O–H groups in total. The van der Waals surface area contributed by atoms with E-state index in [0.29, 0.717) is 11.4 Å². The van der Waals surface area contributed by atoms with Gasteiger partial charge in [-0.3, -0.25) is 0 Å². The summed E-state index contributed by atoms with van der Waals surface area (Å²) in [6, 6.07) is 4.61. The molecule has 106 valence electrons. The van der Waals surface area contributed by atoms with Gasteiger partial charge in [-0.05, 0) is 30.5 Å². The molecular weight excluding hydrogens is 267 g/mol. The molecule has 6 heteroatoms. The summed E-state index contributed by atoms with van der Waals surface area (Å²) in [6.07, 6.45) is -0.823. The Hall–Kier alpha value is -1.95. The Morgan fingerprint density at radius 1 is 1.20 bits per heavy atom. The van der Waals surface area contributed by atoms with Crippen LogP contribution in [0.25, 0.3) is 0 Å². The number of aryl methyl sites for hydroxylation is 1. The molecule has 0 saturated heterocycles. The van der Waals surface area contributed by atoms with Crippen LogP contribution in [0.3, 0.4) is 0 Å². The van der Waals surface area contributed by atoms with E-state index in [4.69, 9.17) is 5.73 Å². The molecule has 0 aliphatic carbocycles. The summed E-state index contributed by atoms with van der Waals surface area (Å²) in [4.78, 5) is 8.17. The molecular formula is C14H14F3N3. The Morgan fingerprint density at radius 3 is 2.45 bits per heavy atom. The number of nitrogens with zero attached hydrogens (tertiary/aromatic N) is 2. The number of nitrogens with two attached hydrogens (primary N) is 1. The molecule has 0 fully saturated rings. The summed E-state index contributed by atoms with van der Waals surface area (Å²) >= 11 is 0. The Kier molecular flexibility index (Phi) is 4.04. The molecule has 1 atom stereocenters. The van der Waals surface area contributed by atoms with Gasteiger partial charge in [0, 0.05) is 12.4 Å². The summed E-state index contributed by atoms with van der Waals surface area (Å²) in [5, 5.41) is 0. The minimum Gasteiger partial charge on any atom is -0.321 e. The van der Waals surface area contributed by atoms with Gasteiger partial charge in [-0.1, -0.05) is 18.2 Å². The predicted octanol–water partition coefficient (Wildman–Crippen LogP) is 3.05. The van der Waals surface area contributed by atoms with E-state index in [1.807, 2.05) is 6.92 Å². The first kappa shape index (κ1) is 14.5. The Labute approximate surface area is 114 Å². The lowest BCUT2D eigenvalue weighted by atomic mass is 10.0. The first-order chi connectivity index (χ1) is 9.36. The third-order valence-electron chi connectivity index (χ3n) is 2.84. The van der Waals surface area contributed by atoms with E-state index in [0.717, 1.165) is 17.7 Å². The van der Waals surface area contributed by atoms with Crippen LogP contribution in [0.4, 0.5) is 13.2 Å². The van der Waals surface area contributed by atoms with Crippen LogP contribution in [-0.2, 0) is 12.6 Å². The van der Waals surface area contributed by atoms with Crippen LogP contribution in [-0.4, -0.2) is 9.97 Å². The van der Waals surface area contributed by atoms with Crippen molar-refractivity contribution in [3.05, 3.63) is 59.2 Å². The molecule has 0 spiro atoms. The van der Waals surface area contributed by atoms with Crippen LogP contribution in [0, 0.1) is 6.92 Å². The van der Waals surface area contributed by atoms with Crippen molar-refractivity contribution in [2.75, 3.05) is 0 Å². The van der Waals surface area contributed by atoms with Crippen LogP contribution in [0.2, 0.25) is 0 Å². The van der Waals surface area contributed by atoms with E-state index < -0.39 is 17.8 Å². The van der Waals surface area contributed by atoms with Crippen LogP contribution < -0.4 is 5.73 Å². The molecule has 1 unspecified atom stereocenters. The minimum atomic E-state index is -4.35. The average Bonchev–Trinajstić information content (AvgIpc) is 2.38. The smallest absolute Gasteiger partial charge is 0.321 e. The van der Waals surface area contributed by atoms with E-state index in [1.165, 1.54) is 6.07 Å². The molecule has 0 aliphatic heterocycles. The third kappa shape index (κ3) is 3.54. The highest BCUT2D eigenvalue weighted by Gasteiger charge is 2.30. The van der Waals surface area contributed by atoms with Gasteiger partial charge in [-0.15, -0.1) is 0 Å². The summed E-state index contributed by atoms with van der Waals surface area (Å²) in [5.41, 5.74) is 6.67. The van der Waals surface area contributed by atoms with Gasteiger partial charge in [-0.2, -0.15) is 13.2 Å². The van der Waals surface area contributed by atoms with Gasteiger partial charge in [0.05, 0.1) is 11.6 Å². The van der Waals surface area contributed by atoms with Crippen LogP contribution in [0.5, 0.6) is 0 Å². The lowest BCUT2D eigenvalue weighted by Crippen LogP contribution is -2.17. The molecule has 1 heterocycles. The number of benzene rings is 1. The number of hydrogen-bond acceptors (Lipinski definition) is 3. The maximum atomic E-state index is 12.6. The van der Waals surface area contributed by atoms with Gasteiger partial charge < -0.3 is 5.73 Å². The average molecular weight is 281 g/mol. The standard InChI is InChI=1S/C14H14F3N3/c1-9-7-19-13(20-8-9)12(18)6-10-3-2-4-11(5-10)14(15,16)17/h2-5,7-8,12H,6,18H2,1H3. The fourth-order valence-electron chi connectivity index (χ4n) is 1.81. The Morgan fingerprint density at radius 2 is 1.85 bits per heavy atom. The Bertz CT molecular complexity index is 579. The first-order valence-corrected chi connectivity index (χ1v) is 6.06. The topological polar surface area (TPSA) is 51.8 Å². The van der Waals surface area contributed by atoms with Crippen molar-refractivity contribution in [3.63, 3.8) is 0 Å². The number of halogens is 3. The predicted molar refractivity (Wildman–Crippen MR) is 68.8 cm³/mol. The molecule has 0 saturated carbocycles. The zero-order chi connectivity index (χ0) is 14.8. The van der Waals surface area contributed by atoms with E-state index in [1.54, 1.807) is 18.5 Å². The van der Waals surface area contributed by atoms with E-state index in [2.05, 4.69) is 9.97 Å². The third-order valence-corrected chi connectivity index (χ3v) is 2.84. The second kappa shape index (κ2) is 5.58. The number of aromatic nitrogens is 2. The van der Waals surface area contributed by atoms with Crippen molar-refractivity contribution >= 4 is 0 Å². The molecule has 1 aromatic carbocycles. The van der Waals surface area contributed by atoms with E-state index >= 15 is 0 Å². The molecule has 2 rings (SSSR count). The fourth-order valence-corrected chi connectivity index (χ4v) is 1.81. The van der Waals surface area contributed by atoms with Gasteiger partial charge in [-0.25, -0.2) is 9.97 Å². The fraction of sp³-hybridized carbons (Fsp3) is 0.286. The second-order valence-electron chi connectivity index (χ2n) is 4.63. The van der Waals surface area contributed by atoms with Crippen molar-refractivity contribution in [3.8, 4) is 0 Å². The van der Waals surface area contributed by atoms with E-state index in [-0.39, 0.29) is 6.42 Å². The molecule has 0 radical (unpaired) electrons. The highest BCUT2D eigenvalue weighted by Crippen LogP contribution is 2.30. The number of rotatable bonds is 3. The van der Waals surface area contributed by atoms with Crippen LogP contribution >= 0.6 is 0 Å². The summed E-state index contributed by atoms with van der Waals surface area (Å²) < 4.78 is 37.9. The maximum Gasteiger partial charge on any atom is 0.416 e. The molecule has 2 aromatic rings. The maximum absolute atomic E-state index is 12.6. The van der Waals surface area contributed by atoms with Gasteiger partial charge in [0.2, 0.25) is 0 Å². The lowest BCUT2D eigenvalue weighted by Gasteiger charge is -2.12. The first-order valence-electron chi connectivity index (χ1n) is 6.06. The largest absolute Gasteiger partial charge is 0.416 e. The van der Waals surface area contributed by atoms with E-state index in [9.17, 15) is 13.2 Å². The monoisotopic (exact) mass is 281 g/mol. The Balaban J connectivity index is 2.15. The summed E-state index contributed by atoms with van der Waals surface area (Å²) in [5.74, 6) is 0.424. The molecule has 3 nitrogen and oxygen atoms in total. The van der Waals surface area contributed by atoms with Crippen molar-refractivity contribution in [2.24, 2.45) is 5.73 Å². The molecule has 0 amide bonds. The quantitative estimate of drug-likeness (QED) is 0.940. The molecule has 0 aliphatic rings. The zero-order valence-electron chi connectivity index (χ0n) is 10.9. The minimum absolute atomic E-state index is 0.257. The van der Waals surface area contributed by atoms with Gasteiger partial charge in [0.25, 0.3) is 0 Å². The zero-order valence-corrected chi connectivity index (χ0v) is 10.9. The summed E-state index contributed by atoms with van der Waals surface area (Å²) in [7, 11) is 0. The lowest BCUT2D eigenvalue weighted by molar-refractivity contribution is -0.137. The van der Waals surface area contributed by atoms with Crippen LogP contribution in [0.15, 0.2) is 36.7 Å². The second-order valence-corrected chi connectivity index (χ2v) is 4.63. The molecule has 0 bridgehead atoms. The van der Waals surface area contributed by atoms with Gasteiger partial charge >= 0.3 is 6.18 Å². The SMILES string of the molecule is Cc1cnc(C(N)Cc2cccc(C(F)(F)F)c2)nc1. The number of hydrogen-bond donors (Lipinski definition) is 1. The normalized spacial score (nSPS) is 13.2. The summed E-state index contributed by atoms with van der Waals surface area (Å²) in [6.45, 7) is 1.85. The number of alkyl halides is 3. The molecule has 20 heavy (non-hydrogen) atoms. The highest BCUT2D eigenvalue weighted by molar-refractivity contribution is 5.26. The van der Waals surface area contributed by atoms with Crippen LogP contribution in [0.1, 0.15) is 28.6 Å². The van der Waals surface area contributed by atoms with Gasteiger partial charge in [0.15, 0.2) is 0 Å².